The van der Waals surface area contributed by atoms with Gasteiger partial charge < -0.3 is 15.2 Å². The van der Waals surface area contributed by atoms with Crippen LogP contribution in [-0.2, 0) is 17.6 Å². The van der Waals surface area contributed by atoms with Gasteiger partial charge in [0.2, 0.25) is 0 Å². The molecule has 3 heteroatoms. The summed E-state index contributed by atoms with van der Waals surface area (Å²) < 4.78 is 11.2. The molecule has 0 saturated heterocycles. The van der Waals surface area contributed by atoms with E-state index in [-0.39, 0.29) is 5.60 Å². The van der Waals surface area contributed by atoms with E-state index < -0.39 is 0 Å². The fraction of sp³-hybridized carbons (Fsp3) is 0.571. The molecule has 2 N–H and O–H groups in total. The molecule has 0 aliphatic carbocycles. The van der Waals surface area contributed by atoms with Gasteiger partial charge in [-0.1, -0.05) is 12.1 Å². The van der Waals surface area contributed by atoms with Gasteiger partial charge >= 0.3 is 0 Å². The zero-order valence-corrected chi connectivity index (χ0v) is 10.7. The summed E-state index contributed by atoms with van der Waals surface area (Å²) in [4.78, 5) is 0. The van der Waals surface area contributed by atoms with Crippen LogP contribution < -0.4 is 10.5 Å². The van der Waals surface area contributed by atoms with E-state index in [0.717, 1.165) is 25.2 Å². The van der Waals surface area contributed by atoms with E-state index in [0.29, 0.717) is 13.2 Å². The zero-order valence-electron chi connectivity index (χ0n) is 10.7. The van der Waals surface area contributed by atoms with E-state index >= 15 is 0 Å². The molecule has 0 amide bonds. The highest BCUT2D eigenvalue weighted by molar-refractivity contribution is 5.41. The summed E-state index contributed by atoms with van der Waals surface area (Å²) in [5, 5.41) is 0. The van der Waals surface area contributed by atoms with Crippen LogP contribution in [0.3, 0.4) is 0 Å². The minimum Gasteiger partial charge on any atom is -0.487 e. The molecule has 0 unspecified atom stereocenters. The Kier molecular flexibility index (Phi) is 3.69. The van der Waals surface area contributed by atoms with Gasteiger partial charge in [0.25, 0.3) is 0 Å². The van der Waals surface area contributed by atoms with Gasteiger partial charge in [-0.2, -0.15) is 0 Å². The molecule has 1 aromatic rings. The predicted molar refractivity (Wildman–Crippen MR) is 68.4 cm³/mol. The van der Waals surface area contributed by atoms with Gasteiger partial charge in [0.05, 0.1) is 13.2 Å². The number of benzene rings is 1. The fourth-order valence-electron chi connectivity index (χ4n) is 2.19. The third-order valence-electron chi connectivity index (χ3n) is 2.92. The Bertz CT molecular complexity index is 388. The van der Waals surface area contributed by atoms with Crippen LogP contribution >= 0.6 is 0 Å². The summed E-state index contributed by atoms with van der Waals surface area (Å²) in [5.41, 5.74) is 7.93. The maximum absolute atomic E-state index is 5.84. The van der Waals surface area contributed by atoms with Crippen molar-refractivity contribution < 1.29 is 9.47 Å². The van der Waals surface area contributed by atoms with Crippen LogP contribution in [0.25, 0.3) is 0 Å². The third-order valence-corrected chi connectivity index (χ3v) is 2.92. The van der Waals surface area contributed by atoms with E-state index in [9.17, 15) is 0 Å². The van der Waals surface area contributed by atoms with Crippen molar-refractivity contribution in [2.24, 2.45) is 5.73 Å². The summed E-state index contributed by atoms with van der Waals surface area (Å²) in [6.45, 7) is 6.21. The Morgan fingerprint density at radius 3 is 2.94 bits per heavy atom. The van der Waals surface area contributed by atoms with Gasteiger partial charge in [0.15, 0.2) is 0 Å². The zero-order chi connectivity index (χ0) is 12.3. The monoisotopic (exact) mass is 235 g/mol. The van der Waals surface area contributed by atoms with Crippen molar-refractivity contribution in [2.45, 2.75) is 32.3 Å². The molecule has 0 fully saturated rings. The number of rotatable bonds is 5. The Balaban J connectivity index is 1.94. The van der Waals surface area contributed by atoms with Gasteiger partial charge in [-0.3, -0.25) is 0 Å². The van der Waals surface area contributed by atoms with Crippen LogP contribution in [-0.4, -0.2) is 25.4 Å². The number of hydrogen-bond acceptors (Lipinski definition) is 3. The van der Waals surface area contributed by atoms with Gasteiger partial charge in [-0.25, -0.2) is 0 Å². The molecule has 0 atom stereocenters. The minimum atomic E-state index is -0.0585. The second-order valence-corrected chi connectivity index (χ2v) is 5.13. The Labute approximate surface area is 103 Å². The first kappa shape index (κ1) is 12.4. The van der Waals surface area contributed by atoms with Crippen molar-refractivity contribution in [3.63, 3.8) is 0 Å². The molecule has 1 aliphatic heterocycles. The molecule has 17 heavy (non-hydrogen) atoms. The van der Waals surface area contributed by atoms with Crippen molar-refractivity contribution >= 4 is 0 Å². The summed E-state index contributed by atoms with van der Waals surface area (Å²) in [6, 6.07) is 6.42. The number of hydrogen-bond donors (Lipinski definition) is 1. The van der Waals surface area contributed by atoms with Crippen molar-refractivity contribution in [3.8, 4) is 5.75 Å². The summed E-state index contributed by atoms with van der Waals surface area (Å²) in [7, 11) is 0. The lowest BCUT2D eigenvalue weighted by atomic mass is 9.99. The lowest BCUT2D eigenvalue weighted by Gasteiger charge is -2.16. The summed E-state index contributed by atoms with van der Waals surface area (Å²) in [5.74, 6) is 1.03. The molecule has 1 aliphatic rings. The average Bonchev–Trinajstić information content (AvgIpc) is 2.57. The number of ether oxygens (including phenoxy) is 2. The van der Waals surface area contributed by atoms with Crippen LogP contribution in [0.1, 0.15) is 25.0 Å². The van der Waals surface area contributed by atoms with Crippen LogP contribution in [0.5, 0.6) is 5.75 Å². The molecule has 2 rings (SSSR count). The first-order valence-electron chi connectivity index (χ1n) is 6.19. The molecule has 94 valence electrons. The standard InChI is InChI=1S/C14H21NO2/c1-14(2)10-12-9-11(3-4-13(12)17-14)5-7-16-8-6-15/h3-4,9H,5-8,10,15H2,1-2H3. The van der Waals surface area contributed by atoms with Crippen molar-refractivity contribution in [3.05, 3.63) is 29.3 Å². The highest BCUT2D eigenvalue weighted by Crippen LogP contribution is 2.35. The smallest absolute Gasteiger partial charge is 0.123 e. The highest BCUT2D eigenvalue weighted by Gasteiger charge is 2.29. The van der Waals surface area contributed by atoms with Crippen molar-refractivity contribution in [1.29, 1.82) is 0 Å². The van der Waals surface area contributed by atoms with E-state index in [1.54, 1.807) is 0 Å². The van der Waals surface area contributed by atoms with E-state index in [1.165, 1.54) is 11.1 Å². The second-order valence-electron chi connectivity index (χ2n) is 5.13. The normalized spacial score (nSPS) is 16.6. The summed E-state index contributed by atoms with van der Waals surface area (Å²) in [6.07, 6.45) is 1.92. The molecule has 3 nitrogen and oxygen atoms in total. The van der Waals surface area contributed by atoms with Gasteiger partial charge in [0.1, 0.15) is 11.4 Å². The average molecular weight is 235 g/mol. The maximum Gasteiger partial charge on any atom is 0.123 e. The molecule has 0 bridgehead atoms. The number of nitrogens with two attached hydrogens (primary N) is 1. The molecular formula is C14H21NO2. The fourth-order valence-corrected chi connectivity index (χ4v) is 2.19. The van der Waals surface area contributed by atoms with Crippen LogP contribution in [0, 0.1) is 0 Å². The lowest BCUT2D eigenvalue weighted by molar-refractivity contribution is 0.138. The second kappa shape index (κ2) is 5.07. The molecule has 0 aromatic heterocycles. The van der Waals surface area contributed by atoms with Gasteiger partial charge in [-0.15, -0.1) is 0 Å². The molecule has 1 heterocycles. The topological polar surface area (TPSA) is 44.5 Å². The Morgan fingerprint density at radius 2 is 2.18 bits per heavy atom. The molecule has 0 saturated carbocycles. The molecule has 0 spiro atoms. The molecule has 0 radical (unpaired) electrons. The van der Waals surface area contributed by atoms with E-state index in [4.69, 9.17) is 15.2 Å². The quantitative estimate of drug-likeness (QED) is 0.793. The van der Waals surface area contributed by atoms with Gasteiger partial charge in [0, 0.05) is 13.0 Å². The molecule has 1 aromatic carbocycles. The first-order chi connectivity index (χ1) is 8.11. The lowest BCUT2D eigenvalue weighted by Crippen LogP contribution is -2.24. The largest absolute Gasteiger partial charge is 0.487 e. The Hall–Kier alpha value is -1.06. The first-order valence-corrected chi connectivity index (χ1v) is 6.19. The van der Waals surface area contributed by atoms with Crippen molar-refractivity contribution in [1.82, 2.24) is 0 Å². The molecular weight excluding hydrogens is 214 g/mol. The van der Waals surface area contributed by atoms with Gasteiger partial charge in [-0.05, 0) is 37.5 Å². The predicted octanol–water partition coefficient (Wildman–Crippen LogP) is 1.92. The Morgan fingerprint density at radius 1 is 1.35 bits per heavy atom. The highest BCUT2D eigenvalue weighted by atomic mass is 16.5. The number of fused-ring (bicyclic) bond motifs is 1. The van der Waals surface area contributed by atoms with Crippen LogP contribution in [0.4, 0.5) is 0 Å². The SMILES string of the molecule is CC1(C)Cc2cc(CCOCCN)ccc2O1. The van der Waals surface area contributed by atoms with E-state index in [1.807, 2.05) is 0 Å². The van der Waals surface area contributed by atoms with E-state index in [2.05, 4.69) is 32.0 Å². The summed E-state index contributed by atoms with van der Waals surface area (Å²) >= 11 is 0. The van der Waals surface area contributed by atoms with Crippen LogP contribution in [0.15, 0.2) is 18.2 Å². The minimum absolute atomic E-state index is 0.0585. The maximum atomic E-state index is 5.84. The van der Waals surface area contributed by atoms with Crippen LogP contribution in [0.2, 0.25) is 0 Å². The van der Waals surface area contributed by atoms with Crippen molar-refractivity contribution in [2.75, 3.05) is 19.8 Å². The third kappa shape index (κ3) is 3.20.